The smallest absolute Gasteiger partial charge is 0.270 e. The van der Waals surface area contributed by atoms with Gasteiger partial charge in [-0.25, -0.2) is 9.97 Å². The summed E-state index contributed by atoms with van der Waals surface area (Å²) in [4.78, 5) is 86.8. The van der Waals surface area contributed by atoms with E-state index in [0.717, 1.165) is 99.3 Å². The fraction of sp³-hybridized carbons (Fsp3) is 0.455. The first kappa shape index (κ1) is 39.8. The van der Waals surface area contributed by atoms with Crippen molar-refractivity contribution in [2.24, 2.45) is 0 Å². The fourth-order valence-electron chi connectivity index (χ4n) is 8.93. The van der Waals surface area contributed by atoms with Crippen LogP contribution in [-0.4, -0.2) is 116 Å². The monoisotopic (exact) mass is 800 g/mol. The van der Waals surface area contributed by atoms with Gasteiger partial charge in [-0.05, 0) is 74.9 Å². The number of amides is 4. The van der Waals surface area contributed by atoms with Crippen LogP contribution >= 0.6 is 0 Å². The number of rotatable bonds is 14. The highest BCUT2D eigenvalue weighted by Gasteiger charge is 2.45. The van der Waals surface area contributed by atoms with Crippen molar-refractivity contribution >= 4 is 57.9 Å². The number of unbranched alkanes of at least 4 members (excludes halogenated alkanes) is 2. The second-order valence-corrected chi connectivity index (χ2v) is 16.4. The third kappa shape index (κ3) is 8.33. The summed E-state index contributed by atoms with van der Waals surface area (Å²) in [5.41, 5.74) is 4.08. The molecular formula is C44H52N10O5. The molecule has 1 aliphatic carbocycles. The molecule has 3 aliphatic heterocycles. The van der Waals surface area contributed by atoms with E-state index in [1.807, 2.05) is 18.3 Å². The van der Waals surface area contributed by atoms with Gasteiger partial charge >= 0.3 is 0 Å². The van der Waals surface area contributed by atoms with Gasteiger partial charge in [-0.3, -0.25) is 33.8 Å². The predicted octanol–water partition coefficient (Wildman–Crippen LogP) is 5.27. The number of Topliss-reactive ketones (excluding diaryl/α,β-unsaturated/α-hetero) is 1. The third-order valence-corrected chi connectivity index (χ3v) is 12.1. The quantitative estimate of drug-likeness (QED) is 0.126. The van der Waals surface area contributed by atoms with Crippen LogP contribution in [0.15, 0.2) is 61.1 Å². The minimum Gasteiger partial charge on any atom is -0.368 e. The second kappa shape index (κ2) is 17.1. The molecule has 3 fully saturated rings. The van der Waals surface area contributed by atoms with E-state index in [1.165, 1.54) is 0 Å². The van der Waals surface area contributed by atoms with E-state index in [-0.39, 0.29) is 35.3 Å². The Morgan fingerprint density at radius 1 is 0.932 bits per heavy atom. The molecule has 1 aromatic carbocycles. The number of nitrogens with zero attached hydrogens (tertiary/aromatic N) is 8. The zero-order valence-corrected chi connectivity index (χ0v) is 33.9. The molecule has 0 spiro atoms. The lowest BCUT2D eigenvalue weighted by Gasteiger charge is -2.36. The van der Waals surface area contributed by atoms with Crippen LogP contribution in [0.25, 0.3) is 11.0 Å². The number of hydrogen-bond acceptors (Lipinski definition) is 11. The van der Waals surface area contributed by atoms with Crippen LogP contribution < -0.4 is 15.5 Å². The second-order valence-electron chi connectivity index (χ2n) is 16.4. The molecule has 2 saturated heterocycles. The Hall–Kier alpha value is -5.96. The van der Waals surface area contributed by atoms with Crippen LogP contribution in [0.3, 0.4) is 0 Å². The van der Waals surface area contributed by atoms with Gasteiger partial charge in [0.2, 0.25) is 11.9 Å². The van der Waals surface area contributed by atoms with Crippen molar-refractivity contribution in [1.82, 2.24) is 39.5 Å². The van der Waals surface area contributed by atoms with Gasteiger partial charge < -0.3 is 25.0 Å². The number of imide groups is 1. The SMILES string of the molecule is C=C1CCC(N2C(=O)c3cccc(CC(=O)CCCCCN4CCN(c5ccc(Nc6ncc7cc(C(=O)N(C)C)n(C8CCCC8)c7n6)nc5)CC4)c3C2=O)C(=O)N1. The molecule has 15 nitrogen and oxygen atoms in total. The van der Waals surface area contributed by atoms with Gasteiger partial charge in [0.25, 0.3) is 17.7 Å². The summed E-state index contributed by atoms with van der Waals surface area (Å²) < 4.78 is 2.11. The number of piperidine rings is 1. The van der Waals surface area contributed by atoms with Crippen molar-refractivity contribution in [3.05, 3.63) is 83.5 Å². The number of benzene rings is 1. The lowest BCUT2D eigenvalue weighted by atomic mass is 9.97. The van der Waals surface area contributed by atoms with Crippen LogP contribution in [0.5, 0.6) is 0 Å². The summed E-state index contributed by atoms with van der Waals surface area (Å²) in [7, 11) is 3.54. The topological polar surface area (TPSA) is 166 Å². The number of fused-ring (bicyclic) bond motifs is 2. The van der Waals surface area contributed by atoms with Crippen LogP contribution in [0.2, 0.25) is 0 Å². The highest BCUT2D eigenvalue weighted by molar-refractivity contribution is 6.23. The maximum absolute atomic E-state index is 13.4. The molecule has 4 amide bonds. The molecule has 59 heavy (non-hydrogen) atoms. The maximum Gasteiger partial charge on any atom is 0.270 e. The summed E-state index contributed by atoms with van der Waals surface area (Å²) in [5.74, 6) is -0.323. The largest absolute Gasteiger partial charge is 0.368 e. The van der Waals surface area contributed by atoms with Gasteiger partial charge in [0, 0.05) is 76.4 Å². The number of carbonyl (C=O) groups is 5. The number of piperazine rings is 1. The van der Waals surface area contributed by atoms with Crippen LogP contribution in [0.4, 0.5) is 17.5 Å². The van der Waals surface area contributed by atoms with Crippen molar-refractivity contribution in [2.45, 2.75) is 82.7 Å². The lowest BCUT2D eigenvalue weighted by Crippen LogP contribution is -2.51. The van der Waals surface area contributed by atoms with Crippen molar-refractivity contribution in [2.75, 3.05) is 57.0 Å². The normalized spacial score (nSPS) is 18.8. The van der Waals surface area contributed by atoms with Crippen molar-refractivity contribution in [3.8, 4) is 0 Å². The van der Waals surface area contributed by atoms with Gasteiger partial charge in [-0.15, -0.1) is 0 Å². The summed E-state index contributed by atoms with van der Waals surface area (Å²) in [6.07, 6.45) is 12.0. The van der Waals surface area contributed by atoms with E-state index in [4.69, 9.17) is 4.98 Å². The van der Waals surface area contributed by atoms with E-state index >= 15 is 0 Å². The number of pyridine rings is 1. The fourth-order valence-corrected chi connectivity index (χ4v) is 8.93. The molecule has 2 N–H and O–H groups in total. The van der Waals surface area contributed by atoms with Crippen molar-refractivity contribution in [3.63, 3.8) is 0 Å². The number of hydrogen-bond donors (Lipinski definition) is 2. The Balaban J connectivity index is 0.774. The molecule has 4 aliphatic rings. The zero-order valence-electron chi connectivity index (χ0n) is 33.9. The van der Waals surface area contributed by atoms with E-state index in [2.05, 4.69) is 47.6 Å². The van der Waals surface area contributed by atoms with Crippen LogP contribution in [0, 0.1) is 0 Å². The van der Waals surface area contributed by atoms with Gasteiger partial charge in [0.1, 0.15) is 29.0 Å². The highest BCUT2D eigenvalue weighted by atomic mass is 16.2. The molecule has 1 saturated carbocycles. The number of nitrogens with one attached hydrogen (secondary N) is 2. The van der Waals surface area contributed by atoms with Crippen molar-refractivity contribution in [1.29, 1.82) is 0 Å². The molecule has 0 radical (unpaired) electrons. The number of anilines is 3. The Bertz CT molecular complexity index is 2290. The van der Waals surface area contributed by atoms with E-state index in [1.54, 1.807) is 43.4 Å². The lowest BCUT2D eigenvalue weighted by molar-refractivity contribution is -0.125. The zero-order chi connectivity index (χ0) is 41.2. The molecule has 1 atom stereocenters. The van der Waals surface area contributed by atoms with Gasteiger partial charge in [0.05, 0.1) is 23.0 Å². The molecule has 3 aromatic heterocycles. The number of aromatic nitrogens is 4. The molecule has 8 rings (SSSR count). The van der Waals surface area contributed by atoms with Gasteiger partial charge in [0.15, 0.2) is 0 Å². The first-order valence-corrected chi connectivity index (χ1v) is 20.9. The van der Waals surface area contributed by atoms with Crippen LogP contribution in [-0.2, 0) is 16.0 Å². The molecular weight excluding hydrogens is 749 g/mol. The average molecular weight is 801 g/mol. The first-order chi connectivity index (χ1) is 28.5. The van der Waals surface area contributed by atoms with E-state index in [0.29, 0.717) is 48.0 Å². The van der Waals surface area contributed by atoms with E-state index < -0.39 is 23.8 Å². The molecule has 6 heterocycles. The third-order valence-electron chi connectivity index (χ3n) is 12.1. The minimum atomic E-state index is -0.881. The number of carbonyl (C=O) groups excluding carboxylic acids is 5. The summed E-state index contributed by atoms with van der Waals surface area (Å²) in [6.45, 7) is 8.39. The molecule has 15 heteroatoms. The maximum atomic E-state index is 13.4. The Labute approximate surface area is 343 Å². The minimum absolute atomic E-state index is 0.0298. The van der Waals surface area contributed by atoms with E-state index in [9.17, 15) is 24.0 Å². The van der Waals surface area contributed by atoms with Gasteiger partial charge in [-0.2, -0.15) is 4.98 Å². The number of ketones is 1. The summed E-state index contributed by atoms with van der Waals surface area (Å²) >= 11 is 0. The molecule has 0 bridgehead atoms. The number of allylic oxidation sites excluding steroid dienone is 1. The molecule has 308 valence electrons. The Kier molecular flexibility index (Phi) is 11.5. The summed E-state index contributed by atoms with van der Waals surface area (Å²) in [6, 6.07) is 10.3. The van der Waals surface area contributed by atoms with Crippen molar-refractivity contribution < 1.29 is 24.0 Å². The predicted molar refractivity (Wildman–Crippen MR) is 224 cm³/mol. The standard InChI is InChI=1S/C44H52N10O5/c1-28-15-17-35(40(56)47-28)54-41(57)34-14-9-10-29(38(34)43(54)59)24-33(55)13-5-4-8-19-51-20-22-52(23-21-51)32-16-18-37(45-27-32)48-44-46-26-30-25-36(42(58)50(2)3)53(39(30)49-44)31-11-6-7-12-31/h9-10,14,16,18,25-27,31,35H,1,4-8,11-13,15,17,19-24H2,2-3H3,(H,47,56)(H,45,46,48,49). The summed E-state index contributed by atoms with van der Waals surface area (Å²) in [5, 5.41) is 6.76. The molecule has 1 unspecified atom stereocenters. The van der Waals surface area contributed by atoms with Gasteiger partial charge in [-0.1, -0.05) is 38.0 Å². The first-order valence-electron chi connectivity index (χ1n) is 20.9. The Morgan fingerprint density at radius 3 is 2.46 bits per heavy atom. The molecule has 4 aromatic rings. The van der Waals surface area contributed by atoms with Crippen LogP contribution in [0.1, 0.15) is 107 Å². The Morgan fingerprint density at radius 2 is 1.73 bits per heavy atom. The highest BCUT2D eigenvalue weighted by Crippen LogP contribution is 2.35. The average Bonchev–Trinajstić information content (AvgIpc) is 3.95.